The molecule has 0 atom stereocenters. The van der Waals surface area contributed by atoms with Crippen LogP contribution in [0.25, 0.3) is 11.0 Å². The number of aldehydes is 1. The summed E-state index contributed by atoms with van der Waals surface area (Å²) in [6.45, 7) is 2.79. The van der Waals surface area contributed by atoms with Crippen molar-refractivity contribution in [1.82, 2.24) is 9.55 Å². The number of nitrogens with zero attached hydrogens (tertiary/aromatic N) is 2. The van der Waals surface area contributed by atoms with Gasteiger partial charge in [0.1, 0.15) is 5.65 Å². The Hall–Kier alpha value is -2.42. The minimum atomic E-state index is 0.690. The average molecular weight is 250 g/mol. The van der Waals surface area contributed by atoms with Gasteiger partial charge in [-0.2, -0.15) is 0 Å². The first-order valence-electron chi connectivity index (χ1n) is 6.22. The molecule has 0 aliphatic rings. The molecular formula is C16H14N2O. The Morgan fingerprint density at radius 1 is 1.21 bits per heavy atom. The minimum absolute atomic E-state index is 0.690. The number of pyridine rings is 1. The van der Waals surface area contributed by atoms with Crippen molar-refractivity contribution in [2.45, 2.75) is 13.5 Å². The van der Waals surface area contributed by atoms with E-state index in [1.807, 2.05) is 22.9 Å². The molecule has 0 saturated heterocycles. The highest BCUT2D eigenvalue weighted by Gasteiger charge is 2.08. The fourth-order valence-electron chi connectivity index (χ4n) is 2.25. The van der Waals surface area contributed by atoms with Crippen LogP contribution in [0.2, 0.25) is 0 Å². The zero-order chi connectivity index (χ0) is 13.2. The Kier molecular flexibility index (Phi) is 2.88. The van der Waals surface area contributed by atoms with Gasteiger partial charge in [0.05, 0.1) is 0 Å². The van der Waals surface area contributed by atoms with Crippen LogP contribution < -0.4 is 0 Å². The fourth-order valence-corrected chi connectivity index (χ4v) is 2.25. The Bertz CT molecular complexity index is 726. The van der Waals surface area contributed by atoms with E-state index in [1.165, 1.54) is 11.1 Å². The van der Waals surface area contributed by atoms with Crippen LogP contribution >= 0.6 is 0 Å². The quantitative estimate of drug-likeness (QED) is 0.669. The second kappa shape index (κ2) is 4.69. The molecule has 0 aliphatic carbocycles. The summed E-state index contributed by atoms with van der Waals surface area (Å²) in [4.78, 5) is 15.5. The molecule has 0 bridgehead atoms. The maximum atomic E-state index is 11.1. The first-order chi connectivity index (χ1) is 9.28. The highest BCUT2D eigenvalue weighted by Crippen LogP contribution is 2.19. The van der Waals surface area contributed by atoms with Gasteiger partial charge in [-0.25, -0.2) is 4.98 Å². The van der Waals surface area contributed by atoms with Gasteiger partial charge in [-0.15, -0.1) is 0 Å². The molecule has 3 rings (SSSR count). The maximum Gasteiger partial charge on any atom is 0.152 e. The van der Waals surface area contributed by atoms with Gasteiger partial charge in [0.15, 0.2) is 6.29 Å². The van der Waals surface area contributed by atoms with E-state index in [4.69, 9.17) is 0 Å². The first kappa shape index (κ1) is 11.7. The molecule has 3 nitrogen and oxygen atoms in total. The molecule has 0 spiro atoms. The van der Waals surface area contributed by atoms with Crippen molar-refractivity contribution in [2.75, 3.05) is 0 Å². The molecule has 19 heavy (non-hydrogen) atoms. The van der Waals surface area contributed by atoms with Crippen LogP contribution in [-0.4, -0.2) is 15.8 Å². The van der Waals surface area contributed by atoms with Gasteiger partial charge in [0.2, 0.25) is 0 Å². The molecule has 94 valence electrons. The SMILES string of the molecule is Cc1ccc(Cn2cc(C=O)c3cccnc32)cc1. The molecule has 0 N–H and O–H groups in total. The molecular weight excluding hydrogens is 236 g/mol. The number of hydrogen-bond donors (Lipinski definition) is 0. The predicted octanol–water partition coefficient (Wildman–Crippen LogP) is 3.21. The minimum Gasteiger partial charge on any atom is -0.327 e. The summed E-state index contributed by atoms with van der Waals surface area (Å²) in [6.07, 6.45) is 4.50. The maximum absolute atomic E-state index is 11.1. The molecule has 2 heterocycles. The number of carbonyl (C=O) groups excluding carboxylic acids is 1. The van der Waals surface area contributed by atoms with Crippen molar-refractivity contribution in [1.29, 1.82) is 0 Å². The largest absolute Gasteiger partial charge is 0.327 e. The van der Waals surface area contributed by atoms with Crippen molar-refractivity contribution in [3.8, 4) is 0 Å². The lowest BCUT2D eigenvalue weighted by molar-refractivity contribution is 0.112. The Morgan fingerprint density at radius 2 is 2.00 bits per heavy atom. The lowest BCUT2D eigenvalue weighted by Gasteiger charge is -2.05. The summed E-state index contributed by atoms with van der Waals surface area (Å²) in [6, 6.07) is 12.2. The second-order valence-corrected chi connectivity index (χ2v) is 4.69. The smallest absolute Gasteiger partial charge is 0.152 e. The van der Waals surface area contributed by atoms with Crippen LogP contribution in [0, 0.1) is 6.92 Å². The van der Waals surface area contributed by atoms with E-state index in [0.29, 0.717) is 5.56 Å². The van der Waals surface area contributed by atoms with Crippen molar-refractivity contribution in [3.05, 3.63) is 65.5 Å². The average Bonchev–Trinajstić information content (AvgIpc) is 2.80. The van der Waals surface area contributed by atoms with Gasteiger partial charge in [-0.3, -0.25) is 4.79 Å². The Labute approximate surface area is 111 Å². The third-order valence-corrected chi connectivity index (χ3v) is 3.27. The standard InChI is InChI=1S/C16H14N2O/c1-12-4-6-13(7-5-12)9-18-10-14(11-19)15-3-2-8-17-16(15)18/h2-8,10-11H,9H2,1H3. The summed E-state index contributed by atoms with van der Waals surface area (Å²) in [7, 11) is 0. The Morgan fingerprint density at radius 3 is 2.74 bits per heavy atom. The zero-order valence-corrected chi connectivity index (χ0v) is 10.7. The normalized spacial score (nSPS) is 10.8. The number of aromatic nitrogens is 2. The number of fused-ring (bicyclic) bond motifs is 1. The van der Waals surface area contributed by atoms with Crippen LogP contribution in [-0.2, 0) is 6.54 Å². The lowest BCUT2D eigenvalue weighted by Crippen LogP contribution is -1.98. The summed E-state index contributed by atoms with van der Waals surface area (Å²) >= 11 is 0. The first-order valence-corrected chi connectivity index (χ1v) is 6.22. The summed E-state index contributed by atoms with van der Waals surface area (Å²) < 4.78 is 2.02. The van der Waals surface area contributed by atoms with Gasteiger partial charge in [-0.1, -0.05) is 29.8 Å². The van der Waals surface area contributed by atoms with Crippen LogP contribution in [0.4, 0.5) is 0 Å². The van der Waals surface area contributed by atoms with Crippen LogP contribution in [0.5, 0.6) is 0 Å². The summed E-state index contributed by atoms with van der Waals surface area (Å²) in [5.41, 5.74) is 3.99. The van der Waals surface area contributed by atoms with Crippen LogP contribution in [0.1, 0.15) is 21.5 Å². The lowest BCUT2D eigenvalue weighted by atomic mass is 10.1. The molecule has 0 amide bonds. The summed E-state index contributed by atoms with van der Waals surface area (Å²) in [5, 5.41) is 0.907. The van der Waals surface area contributed by atoms with Crippen molar-refractivity contribution in [2.24, 2.45) is 0 Å². The number of carbonyl (C=O) groups is 1. The topological polar surface area (TPSA) is 34.9 Å². The Balaban J connectivity index is 2.05. The second-order valence-electron chi connectivity index (χ2n) is 4.69. The third kappa shape index (κ3) is 2.15. The molecule has 3 aromatic rings. The van der Waals surface area contributed by atoms with E-state index in [-0.39, 0.29) is 0 Å². The monoisotopic (exact) mass is 250 g/mol. The van der Waals surface area contributed by atoms with Gasteiger partial charge >= 0.3 is 0 Å². The number of hydrogen-bond acceptors (Lipinski definition) is 2. The number of aryl methyl sites for hydroxylation is 1. The van der Waals surface area contributed by atoms with E-state index in [0.717, 1.165) is 23.9 Å². The predicted molar refractivity (Wildman–Crippen MR) is 75.4 cm³/mol. The van der Waals surface area contributed by atoms with Gasteiger partial charge in [0, 0.05) is 29.9 Å². The van der Waals surface area contributed by atoms with Crippen LogP contribution in [0.15, 0.2) is 48.8 Å². The van der Waals surface area contributed by atoms with Crippen molar-refractivity contribution in [3.63, 3.8) is 0 Å². The molecule has 0 unspecified atom stereocenters. The van der Waals surface area contributed by atoms with E-state index >= 15 is 0 Å². The van der Waals surface area contributed by atoms with Gasteiger partial charge in [-0.05, 0) is 24.6 Å². The highest BCUT2D eigenvalue weighted by atomic mass is 16.1. The molecule has 0 radical (unpaired) electrons. The van der Waals surface area contributed by atoms with Gasteiger partial charge < -0.3 is 4.57 Å². The highest BCUT2D eigenvalue weighted by molar-refractivity contribution is 5.95. The van der Waals surface area contributed by atoms with Gasteiger partial charge in [0.25, 0.3) is 0 Å². The molecule has 0 saturated carbocycles. The van der Waals surface area contributed by atoms with Crippen molar-refractivity contribution >= 4 is 17.3 Å². The number of benzene rings is 1. The number of rotatable bonds is 3. The molecule has 2 aromatic heterocycles. The molecule has 0 fully saturated rings. The zero-order valence-electron chi connectivity index (χ0n) is 10.7. The fraction of sp³-hybridized carbons (Fsp3) is 0.125. The van der Waals surface area contributed by atoms with E-state index in [2.05, 4.69) is 36.2 Å². The van der Waals surface area contributed by atoms with Crippen molar-refractivity contribution < 1.29 is 4.79 Å². The molecule has 3 heteroatoms. The molecule has 0 aliphatic heterocycles. The summed E-state index contributed by atoms with van der Waals surface area (Å²) in [5.74, 6) is 0. The van der Waals surface area contributed by atoms with Crippen LogP contribution in [0.3, 0.4) is 0 Å². The van der Waals surface area contributed by atoms with E-state index < -0.39 is 0 Å². The molecule has 1 aromatic carbocycles. The van der Waals surface area contributed by atoms with E-state index in [9.17, 15) is 4.79 Å². The van der Waals surface area contributed by atoms with E-state index in [1.54, 1.807) is 6.20 Å². The third-order valence-electron chi connectivity index (χ3n) is 3.27.